The van der Waals surface area contributed by atoms with Crippen molar-refractivity contribution in [1.82, 2.24) is 0 Å². The van der Waals surface area contributed by atoms with E-state index in [4.69, 9.17) is 0 Å². The normalized spacial score (nSPS) is 14.0. The molecule has 4 aromatic rings. The summed E-state index contributed by atoms with van der Waals surface area (Å²) in [5, 5.41) is 0. The third kappa shape index (κ3) is 3.27. The SMILES string of the molecule is O=S(=O)(F)Oc1ccc2c(c1)C(c1ccccc1)(c1ccccc1)c1cc(Br)ccc1-2. The van der Waals surface area contributed by atoms with Crippen LogP contribution in [0.15, 0.2) is 102 Å². The Labute approximate surface area is 188 Å². The fourth-order valence-electron chi connectivity index (χ4n) is 4.61. The maximum atomic E-state index is 13.3. The second-order valence-electron chi connectivity index (χ2n) is 7.36. The second kappa shape index (κ2) is 7.32. The summed E-state index contributed by atoms with van der Waals surface area (Å²) in [7, 11) is -5.14. The van der Waals surface area contributed by atoms with Crippen LogP contribution >= 0.6 is 15.9 Å². The van der Waals surface area contributed by atoms with Crippen LogP contribution in [-0.2, 0) is 15.9 Å². The van der Waals surface area contributed by atoms with Crippen LogP contribution in [0.25, 0.3) is 11.1 Å². The summed E-state index contributed by atoms with van der Waals surface area (Å²) >= 11 is 3.61. The molecule has 0 atom stereocenters. The molecule has 0 aliphatic heterocycles. The lowest BCUT2D eigenvalue weighted by atomic mass is 9.68. The average Bonchev–Trinajstić information content (AvgIpc) is 3.03. The van der Waals surface area contributed by atoms with Crippen molar-refractivity contribution < 1.29 is 16.5 Å². The van der Waals surface area contributed by atoms with E-state index in [1.165, 1.54) is 6.07 Å². The lowest BCUT2D eigenvalue weighted by Crippen LogP contribution is -2.28. The molecule has 0 heterocycles. The molecule has 154 valence electrons. The highest BCUT2D eigenvalue weighted by molar-refractivity contribution is 9.10. The van der Waals surface area contributed by atoms with Gasteiger partial charge in [-0.3, -0.25) is 0 Å². The summed E-state index contributed by atoms with van der Waals surface area (Å²) in [5.41, 5.74) is 5.16. The van der Waals surface area contributed by atoms with Gasteiger partial charge in [0.25, 0.3) is 0 Å². The zero-order valence-electron chi connectivity index (χ0n) is 16.1. The van der Waals surface area contributed by atoms with E-state index in [9.17, 15) is 12.3 Å². The second-order valence-corrected chi connectivity index (χ2v) is 9.22. The predicted molar refractivity (Wildman–Crippen MR) is 122 cm³/mol. The van der Waals surface area contributed by atoms with Gasteiger partial charge in [0.05, 0.1) is 5.41 Å². The van der Waals surface area contributed by atoms with Crippen molar-refractivity contribution >= 4 is 26.4 Å². The Morgan fingerprint density at radius 2 is 1.23 bits per heavy atom. The van der Waals surface area contributed by atoms with Gasteiger partial charge < -0.3 is 4.18 Å². The van der Waals surface area contributed by atoms with Crippen LogP contribution in [0.1, 0.15) is 22.3 Å². The van der Waals surface area contributed by atoms with Gasteiger partial charge in [-0.25, -0.2) is 0 Å². The van der Waals surface area contributed by atoms with E-state index in [-0.39, 0.29) is 5.75 Å². The molecule has 0 saturated carbocycles. The molecule has 5 rings (SSSR count). The van der Waals surface area contributed by atoms with Gasteiger partial charge >= 0.3 is 10.5 Å². The maximum absolute atomic E-state index is 13.3. The summed E-state index contributed by atoms with van der Waals surface area (Å²) < 4.78 is 41.2. The van der Waals surface area contributed by atoms with Crippen LogP contribution in [0.5, 0.6) is 5.75 Å². The number of benzene rings is 4. The average molecular weight is 495 g/mol. The smallest absolute Gasteiger partial charge is 0.358 e. The van der Waals surface area contributed by atoms with Crippen molar-refractivity contribution in [3.63, 3.8) is 0 Å². The number of fused-ring (bicyclic) bond motifs is 3. The Bertz CT molecular complexity index is 1350. The molecule has 0 radical (unpaired) electrons. The molecule has 1 aliphatic carbocycles. The quantitative estimate of drug-likeness (QED) is 0.271. The molecule has 31 heavy (non-hydrogen) atoms. The van der Waals surface area contributed by atoms with Gasteiger partial charge in [0, 0.05) is 4.47 Å². The van der Waals surface area contributed by atoms with Crippen LogP contribution in [-0.4, -0.2) is 8.42 Å². The minimum atomic E-state index is -5.14. The predicted octanol–water partition coefficient (Wildman–Crippen LogP) is 6.41. The van der Waals surface area contributed by atoms with Gasteiger partial charge in [0.2, 0.25) is 0 Å². The number of halogens is 2. The van der Waals surface area contributed by atoms with E-state index in [0.717, 1.165) is 37.9 Å². The topological polar surface area (TPSA) is 43.4 Å². The van der Waals surface area contributed by atoms with Gasteiger partial charge in [-0.1, -0.05) is 92.6 Å². The monoisotopic (exact) mass is 494 g/mol. The van der Waals surface area contributed by atoms with Crippen LogP contribution < -0.4 is 4.18 Å². The summed E-state index contributed by atoms with van der Waals surface area (Å²) in [5.74, 6) is -0.0654. The fourth-order valence-corrected chi connectivity index (χ4v) is 5.30. The van der Waals surface area contributed by atoms with Crippen molar-refractivity contribution in [1.29, 1.82) is 0 Å². The molecule has 0 N–H and O–H groups in total. The van der Waals surface area contributed by atoms with Crippen LogP contribution in [0.4, 0.5) is 3.89 Å². The third-order valence-electron chi connectivity index (χ3n) is 5.68. The Morgan fingerprint density at radius 3 is 1.77 bits per heavy atom. The number of hydrogen-bond donors (Lipinski definition) is 0. The lowest BCUT2D eigenvalue weighted by molar-refractivity contribution is 0.440. The van der Waals surface area contributed by atoms with E-state index in [1.807, 2.05) is 72.8 Å². The largest absolute Gasteiger partial charge is 0.488 e. The molecule has 1 aliphatic rings. The molecule has 0 fully saturated rings. The summed E-state index contributed by atoms with van der Waals surface area (Å²) in [6.07, 6.45) is 0. The first-order valence-electron chi connectivity index (χ1n) is 9.59. The summed E-state index contributed by atoms with van der Waals surface area (Å²) in [4.78, 5) is 0. The molecule has 0 unspecified atom stereocenters. The minimum absolute atomic E-state index is 0.0654. The van der Waals surface area contributed by atoms with E-state index in [2.05, 4.69) is 26.2 Å². The first kappa shape index (κ1) is 20.0. The molecular weight excluding hydrogens is 479 g/mol. The number of hydrogen-bond acceptors (Lipinski definition) is 3. The van der Waals surface area contributed by atoms with Crippen LogP contribution in [0, 0.1) is 0 Å². The highest BCUT2D eigenvalue weighted by atomic mass is 79.9. The molecular formula is C25H16BrFO3S. The first-order chi connectivity index (χ1) is 14.9. The van der Waals surface area contributed by atoms with Crippen molar-refractivity contribution in [3.8, 4) is 16.9 Å². The zero-order valence-corrected chi connectivity index (χ0v) is 18.5. The molecule has 0 saturated heterocycles. The standard InChI is InChI=1S/C25H16BrFO3S/c26-19-11-13-21-22-14-12-20(30-31(27,28)29)16-24(22)25(23(21)15-19,17-7-3-1-4-8-17)18-9-5-2-6-10-18/h1-16H. The van der Waals surface area contributed by atoms with E-state index < -0.39 is 15.9 Å². The number of rotatable bonds is 4. The molecule has 4 aromatic carbocycles. The fraction of sp³-hybridized carbons (Fsp3) is 0.0400. The first-order valence-corrected chi connectivity index (χ1v) is 11.7. The lowest BCUT2D eigenvalue weighted by Gasteiger charge is -2.34. The highest BCUT2D eigenvalue weighted by Gasteiger charge is 2.46. The Balaban J connectivity index is 1.92. The van der Waals surface area contributed by atoms with Crippen molar-refractivity contribution in [3.05, 3.63) is 124 Å². The van der Waals surface area contributed by atoms with Gasteiger partial charge in [0.1, 0.15) is 5.75 Å². The van der Waals surface area contributed by atoms with E-state index >= 15 is 0 Å². The highest BCUT2D eigenvalue weighted by Crippen LogP contribution is 2.57. The Morgan fingerprint density at radius 1 is 0.710 bits per heavy atom. The van der Waals surface area contributed by atoms with Crippen LogP contribution in [0.3, 0.4) is 0 Å². The Kier molecular flexibility index (Phi) is 4.72. The Hall–Kier alpha value is -2.96. The van der Waals surface area contributed by atoms with Crippen molar-refractivity contribution in [2.45, 2.75) is 5.41 Å². The minimum Gasteiger partial charge on any atom is -0.358 e. The van der Waals surface area contributed by atoms with Gasteiger partial charge in [-0.15, -0.1) is 0 Å². The molecule has 0 spiro atoms. The summed E-state index contributed by atoms with van der Waals surface area (Å²) in [6, 6.07) is 31.0. The molecule has 6 heteroatoms. The zero-order chi connectivity index (χ0) is 21.6. The third-order valence-corrected chi connectivity index (χ3v) is 6.56. The van der Waals surface area contributed by atoms with Gasteiger partial charge in [0.15, 0.2) is 0 Å². The van der Waals surface area contributed by atoms with Gasteiger partial charge in [-0.2, -0.15) is 8.42 Å². The molecule has 0 amide bonds. The molecule has 0 aromatic heterocycles. The molecule has 3 nitrogen and oxygen atoms in total. The maximum Gasteiger partial charge on any atom is 0.488 e. The summed E-state index contributed by atoms with van der Waals surface area (Å²) in [6.45, 7) is 0. The van der Waals surface area contributed by atoms with E-state index in [0.29, 0.717) is 0 Å². The van der Waals surface area contributed by atoms with E-state index in [1.54, 1.807) is 12.1 Å². The van der Waals surface area contributed by atoms with Crippen molar-refractivity contribution in [2.24, 2.45) is 0 Å². The van der Waals surface area contributed by atoms with Crippen LogP contribution in [0.2, 0.25) is 0 Å². The van der Waals surface area contributed by atoms with Gasteiger partial charge in [-0.05, 0) is 57.6 Å². The van der Waals surface area contributed by atoms with Crippen molar-refractivity contribution in [2.75, 3.05) is 0 Å². The molecule has 0 bridgehead atoms.